The number of nitrogens with one attached hydrogen (secondary N) is 2. The van der Waals surface area contributed by atoms with Crippen molar-refractivity contribution in [1.29, 1.82) is 0 Å². The molecule has 1 aliphatic carbocycles. The minimum atomic E-state index is -1.22. The van der Waals surface area contributed by atoms with Crippen LogP contribution in [0.25, 0.3) is 0 Å². The number of anilines is 2. The van der Waals surface area contributed by atoms with E-state index < -0.39 is 11.5 Å². The fourth-order valence-corrected chi connectivity index (χ4v) is 3.46. The van der Waals surface area contributed by atoms with E-state index in [1.54, 1.807) is 13.8 Å². The SMILES string of the molecule is CC(C)(CC(=O)Nc1cncc(C(=O)O)c1N)NC(=O)CC1CCCCC1.Cl. The van der Waals surface area contributed by atoms with E-state index in [0.29, 0.717) is 12.3 Å². The highest BCUT2D eigenvalue weighted by atomic mass is 35.5. The predicted octanol–water partition coefficient (Wildman–Crippen LogP) is 2.98. The lowest BCUT2D eigenvalue weighted by Gasteiger charge is -2.28. The van der Waals surface area contributed by atoms with Crippen LogP contribution in [0.2, 0.25) is 0 Å². The van der Waals surface area contributed by atoms with Crippen molar-refractivity contribution >= 4 is 41.6 Å². The van der Waals surface area contributed by atoms with Gasteiger partial charge in [-0.25, -0.2) is 4.79 Å². The fourth-order valence-electron chi connectivity index (χ4n) is 3.46. The first-order valence-corrected chi connectivity index (χ1v) is 9.25. The third kappa shape index (κ3) is 6.99. The highest BCUT2D eigenvalue weighted by Crippen LogP contribution is 2.27. The number of pyridine rings is 1. The van der Waals surface area contributed by atoms with Crippen LogP contribution in [0.3, 0.4) is 0 Å². The van der Waals surface area contributed by atoms with Crippen molar-refractivity contribution in [3.05, 3.63) is 18.0 Å². The standard InChI is InChI=1S/C19H28N4O4.ClH/c1-19(2,23-15(24)8-12-6-4-3-5-7-12)9-16(25)22-14-11-21-10-13(17(14)20)18(26)27;/h10-12H,3-9H2,1-2H3,(H2,20,21)(H,22,25)(H,23,24)(H,26,27);1H. The number of nitrogens with zero attached hydrogens (tertiary/aromatic N) is 1. The number of hydrogen-bond donors (Lipinski definition) is 4. The molecule has 8 nitrogen and oxygen atoms in total. The van der Waals surface area contributed by atoms with Crippen LogP contribution in [0.15, 0.2) is 12.4 Å². The van der Waals surface area contributed by atoms with Gasteiger partial charge < -0.3 is 21.5 Å². The summed E-state index contributed by atoms with van der Waals surface area (Å²) in [5, 5.41) is 14.6. The summed E-state index contributed by atoms with van der Waals surface area (Å²) in [4.78, 5) is 39.5. The molecule has 1 saturated carbocycles. The number of hydrogen-bond acceptors (Lipinski definition) is 5. The number of carbonyl (C=O) groups excluding carboxylic acids is 2. The Bertz CT molecular complexity index is 718. The van der Waals surface area contributed by atoms with E-state index >= 15 is 0 Å². The molecule has 1 aromatic rings. The number of halogens is 1. The van der Waals surface area contributed by atoms with E-state index in [0.717, 1.165) is 19.0 Å². The van der Waals surface area contributed by atoms with E-state index in [2.05, 4.69) is 15.6 Å². The Morgan fingerprint density at radius 1 is 1.18 bits per heavy atom. The number of carboxylic acid groups (broad SMARTS) is 1. The Kier molecular flexibility index (Phi) is 8.68. The maximum Gasteiger partial charge on any atom is 0.339 e. The maximum absolute atomic E-state index is 12.3. The van der Waals surface area contributed by atoms with Gasteiger partial charge in [-0.05, 0) is 32.6 Å². The van der Waals surface area contributed by atoms with E-state index in [9.17, 15) is 14.4 Å². The monoisotopic (exact) mass is 412 g/mol. The molecular formula is C19H29ClN4O4. The lowest BCUT2D eigenvalue weighted by atomic mass is 9.86. The molecule has 1 heterocycles. The number of carboxylic acids is 1. The van der Waals surface area contributed by atoms with Crippen LogP contribution in [0.5, 0.6) is 0 Å². The zero-order valence-electron chi connectivity index (χ0n) is 16.3. The molecule has 28 heavy (non-hydrogen) atoms. The van der Waals surface area contributed by atoms with Crippen molar-refractivity contribution in [2.75, 3.05) is 11.1 Å². The summed E-state index contributed by atoms with van der Waals surface area (Å²) in [6, 6.07) is 0. The lowest BCUT2D eigenvalue weighted by molar-refractivity contribution is -0.124. The van der Waals surface area contributed by atoms with Gasteiger partial charge in [0.05, 0.1) is 17.6 Å². The maximum atomic E-state index is 12.3. The van der Waals surface area contributed by atoms with Gasteiger partial charge in [0.25, 0.3) is 0 Å². The van der Waals surface area contributed by atoms with Crippen LogP contribution in [0.4, 0.5) is 11.4 Å². The van der Waals surface area contributed by atoms with Crippen molar-refractivity contribution in [2.24, 2.45) is 5.92 Å². The summed E-state index contributed by atoms with van der Waals surface area (Å²) < 4.78 is 0. The normalized spacial score (nSPS) is 14.6. The van der Waals surface area contributed by atoms with E-state index in [-0.39, 0.29) is 47.6 Å². The number of aromatic carboxylic acids is 1. The van der Waals surface area contributed by atoms with Crippen LogP contribution >= 0.6 is 12.4 Å². The van der Waals surface area contributed by atoms with Gasteiger partial charge in [0.2, 0.25) is 11.8 Å². The summed E-state index contributed by atoms with van der Waals surface area (Å²) in [5.41, 5.74) is 4.96. The number of nitrogens with two attached hydrogens (primary N) is 1. The molecule has 1 fully saturated rings. The van der Waals surface area contributed by atoms with Crippen LogP contribution in [-0.4, -0.2) is 33.4 Å². The van der Waals surface area contributed by atoms with E-state index in [4.69, 9.17) is 10.8 Å². The summed E-state index contributed by atoms with van der Waals surface area (Å²) in [7, 11) is 0. The molecule has 1 aliphatic rings. The predicted molar refractivity (Wildman–Crippen MR) is 110 cm³/mol. The second-order valence-electron chi connectivity index (χ2n) is 7.82. The molecule has 9 heteroatoms. The number of aromatic nitrogens is 1. The van der Waals surface area contributed by atoms with Crippen LogP contribution in [0.1, 0.15) is 69.2 Å². The van der Waals surface area contributed by atoms with Crippen LogP contribution in [0, 0.1) is 5.92 Å². The number of nitrogen functional groups attached to an aromatic ring is 1. The summed E-state index contributed by atoms with van der Waals surface area (Å²) in [6.45, 7) is 3.56. The highest BCUT2D eigenvalue weighted by Gasteiger charge is 2.26. The average Bonchev–Trinajstić information content (AvgIpc) is 2.56. The molecule has 0 atom stereocenters. The van der Waals surface area contributed by atoms with Crippen LogP contribution in [-0.2, 0) is 9.59 Å². The smallest absolute Gasteiger partial charge is 0.339 e. The molecular weight excluding hydrogens is 384 g/mol. The molecule has 1 aromatic heterocycles. The molecule has 0 unspecified atom stereocenters. The van der Waals surface area contributed by atoms with Crippen molar-refractivity contribution < 1.29 is 19.5 Å². The Hall–Kier alpha value is -2.35. The van der Waals surface area contributed by atoms with E-state index in [1.165, 1.54) is 25.5 Å². The molecule has 156 valence electrons. The molecule has 5 N–H and O–H groups in total. The first-order chi connectivity index (χ1) is 12.7. The molecule has 0 bridgehead atoms. The topological polar surface area (TPSA) is 134 Å². The van der Waals surface area contributed by atoms with Crippen molar-refractivity contribution in [3.8, 4) is 0 Å². The summed E-state index contributed by atoms with van der Waals surface area (Å²) >= 11 is 0. The number of rotatable bonds is 7. The van der Waals surface area contributed by atoms with Gasteiger partial charge in [-0.2, -0.15) is 0 Å². The molecule has 2 rings (SSSR count). The first-order valence-electron chi connectivity index (χ1n) is 9.25. The molecule has 0 aromatic carbocycles. The Morgan fingerprint density at radius 2 is 1.82 bits per heavy atom. The van der Waals surface area contributed by atoms with Gasteiger partial charge in [0, 0.05) is 24.6 Å². The first kappa shape index (κ1) is 23.7. The highest BCUT2D eigenvalue weighted by molar-refractivity contribution is 6.01. The van der Waals surface area contributed by atoms with Gasteiger partial charge in [-0.3, -0.25) is 14.6 Å². The van der Waals surface area contributed by atoms with Gasteiger partial charge in [-0.15, -0.1) is 12.4 Å². The van der Waals surface area contributed by atoms with Gasteiger partial charge >= 0.3 is 5.97 Å². The number of amides is 2. The second kappa shape index (κ2) is 10.3. The third-order valence-electron chi connectivity index (χ3n) is 4.77. The third-order valence-corrected chi connectivity index (χ3v) is 4.77. The Morgan fingerprint density at radius 3 is 2.43 bits per heavy atom. The average molecular weight is 413 g/mol. The van der Waals surface area contributed by atoms with Crippen LogP contribution < -0.4 is 16.4 Å². The number of carbonyl (C=O) groups is 3. The van der Waals surface area contributed by atoms with Crippen molar-refractivity contribution in [1.82, 2.24) is 10.3 Å². The molecule has 0 aliphatic heterocycles. The fraction of sp³-hybridized carbons (Fsp3) is 0.579. The van der Waals surface area contributed by atoms with E-state index in [1.807, 2.05) is 0 Å². The largest absolute Gasteiger partial charge is 0.478 e. The zero-order chi connectivity index (χ0) is 20.0. The van der Waals surface area contributed by atoms with Gasteiger partial charge in [-0.1, -0.05) is 19.3 Å². The summed E-state index contributed by atoms with van der Waals surface area (Å²) in [6.07, 6.45) is 8.70. The van der Waals surface area contributed by atoms with Crippen molar-refractivity contribution in [3.63, 3.8) is 0 Å². The van der Waals surface area contributed by atoms with Crippen molar-refractivity contribution in [2.45, 2.75) is 64.3 Å². The Balaban J connectivity index is 0.00000392. The molecule has 0 spiro atoms. The molecule has 2 amide bonds. The quantitative estimate of drug-likeness (QED) is 0.543. The molecule has 0 radical (unpaired) electrons. The molecule has 0 saturated heterocycles. The Labute approximate surface area is 171 Å². The van der Waals surface area contributed by atoms with Gasteiger partial charge in [0.15, 0.2) is 0 Å². The second-order valence-corrected chi connectivity index (χ2v) is 7.82. The zero-order valence-corrected chi connectivity index (χ0v) is 17.1. The summed E-state index contributed by atoms with van der Waals surface area (Å²) in [5.74, 6) is -1.22. The minimum Gasteiger partial charge on any atom is -0.478 e. The minimum absolute atomic E-state index is 0. The van der Waals surface area contributed by atoms with Gasteiger partial charge in [0.1, 0.15) is 5.56 Å². The lowest BCUT2D eigenvalue weighted by Crippen LogP contribution is -2.46.